The van der Waals surface area contributed by atoms with Gasteiger partial charge in [0.1, 0.15) is 6.61 Å². The maximum atomic E-state index is 6.09. The predicted molar refractivity (Wildman–Crippen MR) is 164 cm³/mol. The molecule has 0 bridgehead atoms. The Morgan fingerprint density at radius 2 is 1.44 bits per heavy atom. The van der Waals surface area contributed by atoms with Crippen molar-refractivity contribution in [3.8, 4) is 0 Å². The summed E-state index contributed by atoms with van der Waals surface area (Å²) < 4.78 is 6.09. The number of anilines is 2. The number of nitrogens with zero attached hydrogens (tertiary/aromatic N) is 2. The van der Waals surface area contributed by atoms with E-state index in [4.69, 9.17) is 14.7 Å². The van der Waals surface area contributed by atoms with Crippen molar-refractivity contribution in [1.82, 2.24) is 0 Å². The summed E-state index contributed by atoms with van der Waals surface area (Å²) in [6.45, 7) is 9.49. The van der Waals surface area contributed by atoms with E-state index in [1.165, 1.54) is 16.7 Å². The minimum Gasteiger partial charge on any atom is -0.475 e. The smallest absolute Gasteiger partial charge is 0.218 e. The zero-order chi connectivity index (χ0) is 27.2. The standard InChI is InChI=1S/C35H37N3O/c1-24(2)29-17-12-18-30(25(3)4)34(29)36-22-27-15-8-10-19-32(27)38-33-20-11-9-16-31(33)35-37-28(23-39-35)21-26-13-6-5-7-14-26/h5-20,22,24-25,28,38H,21,23H2,1-4H3/t28-/m0/s1. The molecule has 198 valence electrons. The first kappa shape index (κ1) is 26.4. The molecule has 0 radical (unpaired) electrons. The van der Waals surface area contributed by atoms with E-state index in [1.807, 2.05) is 30.5 Å². The molecular formula is C35H37N3O. The average molecular weight is 516 g/mol. The van der Waals surface area contributed by atoms with Gasteiger partial charge in [0.15, 0.2) is 0 Å². The highest BCUT2D eigenvalue weighted by molar-refractivity contribution is 6.02. The lowest BCUT2D eigenvalue weighted by atomic mass is 9.93. The molecule has 0 spiro atoms. The topological polar surface area (TPSA) is 46.0 Å². The Hall–Kier alpha value is -4.18. The van der Waals surface area contributed by atoms with E-state index in [2.05, 4.69) is 106 Å². The fraction of sp³-hybridized carbons (Fsp3) is 0.257. The molecule has 4 aromatic carbocycles. The number of para-hydroxylation sites is 3. The Morgan fingerprint density at radius 3 is 2.15 bits per heavy atom. The van der Waals surface area contributed by atoms with Crippen LogP contribution in [0.4, 0.5) is 17.1 Å². The number of hydrogen-bond acceptors (Lipinski definition) is 4. The van der Waals surface area contributed by atoms with Crippen molar-refractivity contribution in [3.63, 3.8) is 0 Å². The third-order valence-corrected chi connectivity index (χ3v) is 7.09. The predicted octanol–water partition coefficient (Wildman–Crippen LogP) is 8.82. The normalized spacial score (nSPS) is 15.1. The summed E-state index contributed by atoms with van der Waals surface area (Å²) in [6.07, 6.45) is 2.85. The van der Waals surface area contributed by atoms with Crippen LogP contribution in [-0.4, -0.2) is 24.8 Å². The van der Waals surface area contributed by atoms with Gasteiger partial charge in [0.25, 0.3) is 0 Å². The zero-order valence-electron chi connectivity index (χ0n) is 23.3. The molecule has 1 aliphatic heterocycles. The number of aliphatic imine (C=N–C) groups is 2. The van der Waals surface area contributed by atoms with E-state index in [9.17, 15) is 0 Å². The highest BCUT2D eigenvalue weighted by atomic mass is 16.5. The van der Waals surface area contributed by atoms with Crippen LogP contribution in [-0.2, 0) is 11.2 Å². The van der Waals surface area contributed by atoms with Crippen LogP contribution < -0.4 is 5.32 Å². The Morgan fingerprint density at radius 1 is 0.795 bits per heavy atom. The minimum absolute atomic E-state index is 0.117. The maximum Gasteiger partial charge on any atom is 0.218 e. The molecule has 4 heteroatoms. The first-order valence-electron chi connectivity index (χ1n) is 13.9. The third-order valence-electron chi connectivity index (χ3n) is 7.09. The fourth-order valence-corrected chi connectivity index (χ4v) is 5.00. The van der Waals surface area contributed by atoms with Crippen LogP contribution in [0.3, 0.4) is 0 Å². The Balaban J connectivity index is 1.42. The molecule has 4 aromatic rings. The summed E-state index contributed by atoms with van der Waals surface area (Å²) in [5.74, 6) is 1.49. The molecule has 1 heterocycles. The second kappa shape index (κ2) is 12.1. The highest BCUT2D eigenvalue weighted by Gasteiger charge is 2.22. The van der Waals surface area contributed by atoms with Crippen molar-refractivity contribution in [3.05, 3.63) is 125 Å². The summed E-state index contributed by atoms with van der Waals surface area (Å²) in [6, 6.07) is 33.6. The molecule has 0 saturated heterocycles. The Labute approximate surface area is 232 Å². The highest BCUT2D eigenvalue weighted by Crippen LogP contribution is 2.35. The molecule has 0 unspecified atom stereocenters. The van der Waals surface area contributed by atoms with E-state index in [1.54, 1.807) is 0 Å². The summed E-state index contributed by atoms with van der Waals surface area (Å²) in [5, 5.41) is 3.64. The van der Waals surface area contributed by atoms with Crippen LogP contribution in [0.15, 0.2) is 107 Å². The summed E-state index contributed by atoms with van der Waals surface area (Å²) in [4.78, 5) is 9.99. The van der Waals surface area contributed by atoms with E-state index in [0.717, 1.165) is 34.6 Å². The van der Waals surface area contributed by atoms with Gasteiger partial charge < -0.3 is 10.1 Å². The van der Waals surface area contributed by atoms with Gasteiger partial charge in [0.2, 0.25) is 5.90 Å². The molecule has 0 aromatic heterocycles. The van der Waals surface area contributed by atoms with E-state index < -0.39 is 0 Å². The lowest BCUT2D eigenvalue weighted by Crippen LogP contribution is -2.09. The van der Waals surface area contributed by atoms with Crippen molar-refractivity contribution in [2.45, 2.75) is 52.0 Å². The quantitative estimate of drug-likeness (QED) is 0.226. The SMILES string of the molecule is CC(C)c1cccc(C(C)C)c1N=Cc1ccccc1Nc1ccccc1C1=N[C@@H](Cc2ccccc2)CO1. The second-order valence-electron chi connectivity index (χ2n) is 10.7. The number of nitrogens with one attached hydrogen (secondary N) is 1. The Kier molecular flexibility index (Phi) is 8.21. The van der Waals surface area contributed by atoms with Gasteiger partial charge in [-0.3, -0.25) is 4.99 Å². The molecule has 0 saturated carbocycles. The number of rotatable bonds is 9. The van der Waals surface area contributed by atoms with E-state index >= 15 is 0 Å². The van der Waals surface area contributed by atoms with Crippen LogP contribution in [0.2, 0.25) is 0 Å². The van der Waals surface area contributed by atoms with Gasteiger partial charge in [-0.25, -0.2) is 4.99 Å². The van der Waals surface area contributed by atoms with Crippen LogP contribution >= 0.6 is 0 Å². The largest absolute Gasteiger partial charge is 0.475 e. The van der Waals surface area contributed by atoms with Gasteiger partial charge in [-0.2, -0.15) is 0 Å². The molecule has 0 aliphatic carbocycles. The fourth-order valence-electron chi connectivity index (χ4n) is 5.00. The maximum absolute atomic E-state index is 6.09. The van der Waals surface area contributed by atoms with Crippen LogP contribution in [0, 0.1) is 0 Å². The van der Waals surface area contributed by atoms with Gasteiger partial charge in [-0.15, -0.1) is 0 Å². The zero-order valence-corrected chi connectivity index (χ0v) is 23.3. The Bertz CT molecular complexity index is 1440. The van der Waals surface area contributed by atoms with Gasteiger partial charge in [0, 0.05) is 17.5 Å². The van der Waals surface area contributed by atoms with Crippen molar-refractivity contribution < 1.29 is 4.74 Å². The molecule has 1 atom stereocenters. The summed E-state index contributed by atoms with van der Waals surface area (Å²) in [7, 11) is 0. The van der Waals surface area contributed by atoms with Gasteiger partial charge in [0.05, 0.1) is 23.0 Å². The van der Waals surface area contributed by atoms with Crippen molar-refractivity contribution in [2.75, 3.05) is 11.9 Å². The van der Waals surface area contributed by atoms with E-state index in [-0.39, 0.29) is 6.04 Å². The lowest BCUT2D eigenvalue weighted by Gasteiger charge is -2.17. The molecule has 1 N–H and O–H groups in total. The summed E-state index contributed by atoms with van der Waals surface area (Å²) >= 11 is 0. The first-order valence-corrected chi connectivity index (χ1v) is 13.9. The molecule has 5 rings (SSSR count). The monoisotopic (exact) mass is 515 g/mol. The number of ether oxygens (including phenoxy) is 1. The van der Waals surface area contributed by atoms with Gasteiger partial charge >= 0.3 is 0 Å². The second-order valence-corrected chi connectivity index (χ2v) is 10.7. The number of benzene rings is 4. The molecule has 0 fully saturated rings. The summed E-state index contributed by atoms with van der Waals surface area (Å²) in [5.41, 5.74) is 8.84. The molecule has 39 heavy (non-hydrogen) atoms. The van der Waals surface area contributed by atoms with Crippen molar-refractivity contribution >= 4 is 29.2 Å². The third kappa shape index (κ3) is 6.28. The van der Waals surface area contributed by atoms with Gasteiger partial charge in [-0.05, 0) is 53.1 Å². The minimum atomic E-state index is 0.117. The van der Waals surface area contributed by atoms with Crippen LogP contribution in [0.1, 0.15) is 67.3 Å². The lowest BCUT2D eigenvalue weighted by molar-refractivity contribution is 0.317. The molecular weight excluding hydrogens is 478 g/mol. The molecule has 0 amide bonds. The van der Waals surface area contributed by atoms with Crippen LogP contribution in [0.5, 0.6) is 0 Å². The van der Waals surface area contributed by atoms with Crippen LogP contribution in [0.25, 0.3) is 0 Å². The average Bonchev–Trinajstić information content (AvgIpc) is 3.41. The van der Waals surface area contributed by atoms with Crippen molar-refractivity contribution in [1.29, 1.82) is 0 Å². The van der Waals surface area contributed by atoms with E-state index in [0.29, 0.717) is 24.3 Å². The molecule has 1 aliphatic rings. The molecule has 4 nitrogen and oxygen atoms in total. The first-order chi connectivity index (χ1) is 19.0. The number of hydrogen-bond donors (Lipinski definition) is 1. The van der Waals surface area contributed by atoms with Gasteiger partial charge in [-0.1, -0.05) is 107 Å². The van der Waals surface area contributed by atoms with Crippen molar-refractivity contribution in [2.24, 2.45) is 9.98 Å².